The number of carbonyl (C=O) groups excluding carboxylic acids is 1. The second-order valence-corrected chi connectivity index (χ2v) is 6.59. The Morgan fingerprint density at radius 1 is 1.43 bits per heavy atom. The van der Waals surface area contributed by atoms with Gasteiger partial charge in [-0.05, 0) is 47.2 Å². The van der Waals surface area contributed by atoms with Gasteiger partial charge in [0.2, 0.25) is 0 Å². The average Bonchev–Trinajstić information content (AvgIpc) is 2.83. The Bertz CT molecular complexity index is 644. The Balaban J connectivity index is 1.98. The van der Waals surface area contributed by atoms with Gasteiger partial charge in [0, 0.05) is 26.8 Å². The molecule has 6 heteroatoms. The normalized spacial score (nSPS) is 10.9. The van der Waals surface area contributed by atoms with Crippen LogP contribution < -0.4 is 4.74 Å². The lowest BCUT2D eigenvalue weighted by Gasteiger charge is -2.14. The first-order valence-corrected chi connectivity index (χ1v) is 7.95. The summed E-state index contributed by atoms with van der Waals surface area (Å²) in [6.07, 6.45) is 0. The quantitative estimate of drug-likeness (QED) is 0.719. The van der Waals surface area contributed by atoms with Crippen LogP contribution in [0.15, 0.2) is 34.1 Å². The lowest BCUT2D eigenvalue weighted by atomic mass is 10.1. The smallest absolute Gasteiger partial charge is 0.176 e. The maximum absolute atomic E-state index is 13.6. The van der Waals surface area contributed by atoms with Crippen molar-refractivity contribution in [3.63, 3.8) is 0 Å². The lowest BCUT2D eigenvalue weighted by Crippen LogP contribution is -2.25. The van der Waals surface area contributed by atoms with Crippen LogP contribution in [0.5, 0.6) is 5.75 Å². The monoisotopic (exact) mass is 371 g/mol. The Morgan fingerprint density at radius 3 is 2.76 bits per heavy atom. The van der Waals surface area contributed by atoms with Crippen molar-refractivity contribution in [3.05, 3.63) is 50.4 Å². The van der Waals surface area contributed by atoms with E-state index in [1.54, 1.807) is 17.4 Å². The van der Waals surface area contributed by atoms with Crippen LogP contribution in [-0.2, 0) is 6.54 Å². The summed E-state index contributed by atoms with van der Waals surface area (Å²) in [5, 5.41) is 2.00. The number of rotatable bonds is 6. The van der Waals surface area contributed by atoms with Gasteiger partial charge in [0.15, 0.2) is 17.3 Å². The predicted molar refractivity (Wildman–Crippen MR) is 85.6 cm³/mol. The fourth-order valence-corrected chi connectivity index (χ4v) is 3.47. The van der Waals surface area contributed by atoms with Crippen LogP contribution in [-0.4, -0.2) is 31.4 Å². The molecule has 2 aromatic rings. The van der Waals surface area contributed by atoms with E-state index < -0.39 is 5.82 Å². The van der Waals surface area contributed by atoms with Gasteiger partial charge in [-0.2, -0.15) is 0 Å². The molecule has 0 unspecified atom stereocenters. The summed E-state index contributed by atoms with van der Waals surface area (Å²) < 4.78 is 19.5. The zero-order valence-electron chi connectivity index (χ0n) is 11.7. The van der Waals surface area contributed by atoms with Gasteiger partial charge in [0.1, 0.15) is 0 Å². The topological polar surface area (TPSA) is 29.5 Å². The summed E-state index contributed by atoms with van der Waals surface area (Å²) in [7, 11) is 3.26. The third-order valence-corrected chi connectivity index (χ3v) is 4.62. The fourth-order valence-electron chi connectivity index (χ4n) is 1.93. The third-order valence-electron chi connectivity index (χ3n) is 2.93. The van der Waals surface area contributed by atoms with E-state index in [0.717, 1.165) is 9.35 Å². The number of benzene rings is 1. The van der Waals surface area contributed by atoms with Crippen molar-refractivity contribution in [2.24, 2.45) is 0 Å². The molecule has 0 amide bonds. The summed E-state index contributed by atoms with van der Waals surface area (Å²) in [5.41, 5.74) is 0.354. The number of methoxy groups -OCH3 is 1. The van der Waals surface area contributed by atoms with Gasteiger partial charge in [-0.3, -0.25) is 9.69 Å². The first kappa shape index (κ1) is 16.1. The molecule has 1 aromatic heterocycles. The SMILES string of the molecule is COc1ccc(C(=O)CN(C)Cc2cc(Br)cs2)cc1F. The maximum atomic E-state index is 13.6. The van der Waals surface area contributed by atoms with Gasteiger partial charge < -0.3 is 4.74 Å². The Hall–Kier alpha value is -1.24. The molecule has 0 fully saturated rings. The minimum atomic E-state index is -0.520. The van der Waals surface area contributed by atoms with Gasteiger partial charge in [-0.15, -0.1) is 11.3 Å². The number of carbonyl (C=O) groups is 1. The number of hydrogen-bond acceptors (Lipinski definition) is 4. The molecule has 1 heterocycles. The van der Waals surface area contributed by atoms with E-state index >= 15 is 0 Å². The number of ether oxygens (including phenoxy) is 1. The van der Waals surface area contributed by atoms with Crippen LogP contribution in [0.2, 0.25) is 0 Å². The van der Waals surface area contributed by atoms with E-state index in [9.17, 15) is 9.18 Å². The molecule has 2 rings (SSSR count). The minimum Gasteiger partial charge on any atom is -0.494 e. The van der Waals surface area contributed by atoms with Crippen molar-refractivity contribution in [1.82, 2.24) is 4.90 Å². The van der Waals surface area contributed by atoms with Gasteiger partial charge in [-0.25, -0.2) is 4.39 Å². The fraction of sp³-hybridized carbons (Fsp3) is 0.267. The standard InChI is InChI=1S/C15H15BrFNO2S/c1-18(7-12-6-11(16)9-21-12)8-14(19)10-3-4-15(20-2)13(17)5-10/h3-6,9H,7-8H2,1-2H3. The number of nitrogens with zero attached hydrogens (tertiary/aromatic N) is 1. The van der Waals surface area contributed by atoms with Crippen LogP contribution in [0, 0.1) is 5.82 Å². The van der Waals surface area contributed by atoms with Crippen LogP contribution in [0.1, 0.15) is 15.2 Å². The van der Waals surface area contributed by atoms with Gasteiger partial charge in [0.25, 0.3) is 0 Å². The molecule has 0 saturated heterocycles. The van der Waals surface area contributed by atoms with E-state index in [2.05, 4.69) is 15.9 Å². The Morgan fingerprint density at radius 2 is 2.19 bits per heavy atom. The number of ketones is 1. The van der Waals surface area contributed by atoms with Crippen molar-refractivity contribution in [2.45, 2.75) is 6.54 Å². The largest absolute Gasteiger partial charge is 0.494 e. The second kappa shape index (κ2) is 7.15. The first-order valence-electron chi connectivity index (χ1n) is 6.28. The van der Waals surface area contributed by atoms with Gasteiger partial charge in [-0.1, -0.05) is 0 Å². The lowest BCUT2D eigenvalue weighted by molar-refractivity contribution is 0.0943. The Labute approximate surface area is 135 Å². The molecule has 0 atom stereocenters. The van der Waals surface area contributed by atoms with E-state index in [1.165, 1.54) is 19.2 Å². The van der Waals surface area contributed by atoms with E-state index in [0.29, 0.717) is 12.1 Å². The highest BCUT2D eigenvalue weighted by Crippen LogP contribution is 2.21. The second-order valence-electron chi connectivity index (χ2n) is 4.68. The molecule has 112 valence electrons. The van der Waals surface area contributed by atoms with E-state index in [4.69, 9.17) is 4.74 Å². The van der Waals surface area contributed by atoms with E-state index in [1.807, 2.05) is 23.4 Å². The average molecular weight is 372 g/mol. The molecular formula is C15H15BrFNO2S. The molecule has 0 bridgehead atoms. The molecule has 3 nitrogen and oxygen atoms in total. The van der Waals surface area contributed by atoms with Crippen molar-refractivity contribution in [3.8, 4) is 5.75 Å². The molecule has 1 aromatic carbocycles. The van der Waals surface area contributed by atoms with Gasteiger partial charge >= 0.3 is 0 Å². The molecule has 0 N–H and O–H groups in total. The van der Waals surface area contributed by atoms with Crippen LogP contribution in [0.3, 0.4) is 0 Å². The zero-order chi connectivity index (χ0) is 15.4. The van der Waals surface area contributed by atoms with Crippen molar-refractivity contribution >= 4 is 33.0 Å². The molecule has 0 aliphatic carbocycles. The highest BCUT2D eigenvalue weighted by molar-refractivity contribution is 9.10. The zero-order valence-corrected chi connectivity index (χ0v) is 14.1. The summed E-state index contributed by atoms with van der Waals surface area (Å²) in [6.45, 7) is 0.919. The number of likely N-dealkylation sites (N-methyl/N-ethyl adjacent to an activating group) is 1. The van der Waals surface area contributed by atoms with Crippen molar-refractivity contribution in [2.75, 3.05) is 20.7 Å². The molecule has 0 radical (unpaired) electrons. The minimum absolute atomic E-state index is 0.116. The summed E-state index contributed by atoms with van der Waals surface area (Å²) in [4.78, 5) is 15.2. The van der Waals surface area contributed by atoms with Gasteiger partial charge in [0.05, 0.1) is 13.7 Å². The molecule has 0 aliphatic heterocycles. The highest BCUT2D eigenvalue weighted by Gasteiger charge is 2.13. The Kier molecular flexibility index (Phi) is 5.50. The number of thiophene rings is 1. The summed E-state index contributed by atoms with van der Waals surface area (Å²) in [6, 6.07) is 6.30. The van der Waals surface area contributed by atoms with Crippen LogP contribution in [0.4, 0.5) is 4.39 Å². The number of hydrogen-bond donors (Lipinski definition) is 0. The number of Topliss-reactive ketones (excluding diaryl/α,β-unsaturated/α-hetero) is 1. The molecule has 0 aliphatic rings. The van der Waals surface area contributed by atoms with Crippen LogP contribution >= 0.6 is 27.3 Å². The van der Waals surface area contributed by atoms with E-state index in [-0.39, 0.29) is 18.1 Å². The summed E-state index contributed by atoms with van der Waals surface area (Å²) >= 11 is 5.03. The maximum Gasteiger partial charge on any atom is 0.176 e. The first-order chi connectivity index (χ1) is 9.99. The third kappa shape index (κ3) is 4.36. The van der Waals surface area contributed by atoms with Crippen LogP contribution in [0.25, 0.3) is 0 Å². The van der Waals surface area contributed by atoms with Crippen molar-refractivity contribution in [1.29, 1.82) is 0 Å². The van der Waals surface area contributed by atoms with Crippen molar-refractivity contribution < 1.29 is 13.9 Å². The molecule has 0 spiro atoms. The number of halogens is 2. The molecule has 21 heavy (non-hydrogen) atoms. The molecular weight excluding hydrogens is 357 g/mol. The molecule has 0 saturated carbocycles. The predicted octanol–water partition coefficient (Wildman–Crippen LogP) is 3.97. The highest BCUT2D eigenvalue weighted by atomic mass is 79.9. The summed E-state index contributed by atoms with van der Waals surface area (Å²) in [5.74, 6) is -0.494.